The van der Waals surface area contributed by atoms with Gasteiger partial charge in [0.2, 0.25) is 5.91 Å². The number of nitrogens with zero attached hydrogens (tertiary/aromatic N) is 3. The summed E-state index contributed by atoms with van der Waals surface area (Å²) in [7, 11) is 0. The molecule has 5 aromatic rings. The Balaban J connectivity index is 1.33. The molecule has 1 fully saturated rings. The van der Waals surface area contributed by atoms with E-state index >= 15 is 0 Å². The summed E-state index contributed by atoms with van der Waals surface area (Å²) in [5.41, 5.74) is 3.58. The highest BCUT2D eigenvalue weighted by molar-refractivity contribution is 5.94. The van der Waals surface area contributed by atoms with Crippen LogP contribution in [0, 0.1) is 0 Å². The maximum Gasteiger partial charge on any atom is 0.242 e. The molecular weight excluding hydrogens is 412 g/mol. The first-order chi connectivity index (χ1) is 16.2. The molecule has 0 spiro atoms. The van der Waals surface area contributed by atoms with Gasteiger partial charge in [0.25, 0.3) is 0 Å². The Morgan fingerprint density at radius 2 is 1.61 bits per heavy atom. The molecule has 1 saturated heterocycles. The molecule has 0 aliphatic carbocycles. The smallest absolute Gasteiger partial charge is 0.242 e. The molecule has 6 rings (SSSR count). The quantitative estimate of drug-likeness (QED) is 0.425. The van der Waals surface area contributed by atoms with Gasteiger partial charge in [-0.15, -0.1) is 0 Å². The number of piperidine rings is 1. The number of aromatic nitrogens is 3. The molecule has 2 aromatic heterocycles. The standard InChI is InChI=1S/C27H24N4O2/c32-25(30-15-7-8-18(16-30)27-28-21-11-3-4-12-22(21)29-27)17-31-23-13-5-1-9-19(23)26(33)20-10-2-6-14-24(20)31/h1-6,9-14,18H,7-8,15-17H2,(H,28,29). The number of rotatable bonds is 3. The van der Waals surface area contributed by atoms with Gasteiger partial charge in [-0.2, -0.15) is 0 Å². The molecule has 1 aliphatic heterocycles. The first-order valence-electron chi connectivity index (χ1n) is 11.4. The number of likely N-dealkylation sites (tertiary alicyclic amines) is 1. The molecule has 3 heterocycles. The van der Waals surface area contributed by atoms with Gasteiger partial charge in [0.15, 0.2) is 5.43 Å². The average molecular weight is 437 g/mol. The van der Waals surface area contributed by atoms with E-state index in [1.54, 1.807) is 0 Å². The van der Waals surface area contributed by atoms with Crippen LogP contribution in [0.2, 0.25) is 0 Å². The van der Waals surface area contributed by atoms with Crippen molar-refractivity contribution in [1.29, 1.82) is 0 Å². The summed E-state index contributed by atoms with van der Waals surface area (Å²) in [5.74, 6) is 1.21. The predicted molar refractivity (Wildman–Crippen MR) is 130 cm³/mol. The fourth-order valence-electron chi connectivity index (χ4n) is 5.08. The van der Waals surface area contributed by atoms with Crippen molar-refractivity contribution in [3.05, 3.63) is 88.8 Å². The average Bonchev–Trinajstić information content (AvgIpc) is 3.31. The summed E-state index contributed by atoms with van der Waals surface area (Å²) in [4.78, 5) is 36.6. The summed E-state index contributed by atoms with van der Waals surface area (Å²) in [6.07, 6.45) is 1.95. The molecule has 1 amide bonds. The van der Waals surface area contributed by atoms with Crippen LogP contribution < -0.4 is 5.43 Å². The van der Waals surface area contributed by atoms with E-state index in [4.69, 9.17) is 4.98 Å². The molecule has 33 heavy (non-hydrogen) atoms. The van der Waals surface area contributed by atoms with E-state index in [9.17, 15) is 9.59 Å². The van der Waals surface area contributed by atoms with Gasteiger partial charge in [-0.25, -0.2) is 4.98 Å². The number of benzene rings is 3. The molecule has 0 radical (unpaired) electrons. The Kier molecular flexibility index (Phi) is 4.72. The highest BCUT2D eigenvalue weighted by Crippen LogP contribution is 2.27. The van der Waals surface area contributed by atoms with Crippen LogP contribution in [0.25, 0.3) is 32.8 Å². The van der Waals surface area contributed by atoms with Crippen molar-refractivity contribution in [1.82, 2.24) is 19.4 Å². The second kappa shape index (κ2) is 7.89. The van der Waals surface area contributed by atoms with Crippen LogP contribution in [0.1, 0.15) is 24.6 Å². The fraction of sp³-hybridized carbons (Fsp3) is 0.222. The zero-order valence-corrected chi connectivity index (χ0v) is 18.2. The molecule has 1 unspecified atom stereocenters. The zero-order chi connectivity index (χ0) is 22.4. The van der Waals surface area contributed by atoms with Crippen LogP contribution >= 0.6 is 0 Å². The summed E-state index contributed by atoms with van der Waals surface area (Å²) in [5, 5.41) is 1.28. The number of amides is 1. The van der Waals surface area contributed by atoms with Crippen molar-refractivity contribution < 1.29 is 4.79 Å². The van der Waals surface area contributed by atoms with Gasteiger partial charge in [0.05, 0.1) is 22.1 Å². The number of carbonyl (C=O) groups excluding carboxylic acids is 1. The number of nitrogens with one attached hydrogen (secondary N) is 1. The Bertz CT molecular complexity index is 1470. The topological polar surface area (TPSA) is 71.0 Å². The van der Waals surface area contributed by atoms with Crippen LogP contribution in [0.3, 0.4) is 0 Å². The molecule has 164 valence electrons. The van der Waals surface area contributed by atoms with Crippen molar-refractivity contribution in [2.75, 3.05) is 13.1 Å². The summed E-state index contributed by atoms with van der Waals surface area (Å²) in [6.45, 7) is 1.59. The molecular formula is C27H24N4O2. The normalized spacial score (nSPS) is 16.6. The number of para-hydroxylation sites is 4. The Morgan fingerprint density at radius 1 is 0.939 bits per heavy atom. The number of pyridine rings is 1. The summed E-state index contributed by atoms with van der Waals surface area (Å²) < 4.78 is 1.99. The monoisotopic (exact) mass is 436 g/mol. The van der Waals surface area contributed by atoms with E-state index in [0.717, 1.165) is 47.3 Å². The molecule has 3 aromatic carbocycles. The van der Waals surface area contributed by atoms with Crippen LogP contribution in [-0.4, -0.2) is 38.4 Å². The summed E-state index contributed by atoms with van der Waals surface area (Å²) in [6, 6.07) is 23.1. The molecule has 1 aliphatic rings. The summed E-state index contributed by atoms with van der Waals surface area (Å²) >= 11 is 0. The Morgan fingerprint density at radius 3 is 2.33 bits per heavy atom. The lowest BCUT2D eigenvalue weighted by Gasteiger charge is -2.32. The predicted octanol–water partition coefficient (Wildman–Crippen LogP) is 4.44. The number of imidazole rings is 1. The van der Waals surface area contributed by atoms with Gasteiger partial charge >= 0.3 is 0 Å². The van der Waals surface area contributed by atoms with E-state index in [2.05, 4.69) is 4.98 Å². The van der Waals surface area contributed by atoms with Crippen molar-refractivity contribution in [2.24, 2.45) is 0 Å². The second-order valence-corrected chi connectivity index (χ2v) is 8.77. The van der Waals surface area contributed by atoms with Gasteiger partial charge in [-0.3, -0.25) is 9.59 Å². The largest absolute Gasteiger partial charge is 0.342 e. The minimum Gasteiger partial charge on any atom is -0.342 e. The van der Waals surface area contributed by atoms with E-state index in [0.29, 0.717) is 17.3 Å². The first-order valence-corrected chi connectivity index (χ1v) is 11.4. The highest BCUT2D eigenvalue weighted by atomic mass is 16.2. The molecule has 0 saturated carbocycles. The zero-order valence-electron chi connectivity index (χ0n) is 18.2. The number of fused-ring (bicyclic) bond motifs is 3. The molecule has 1 N–H and O–H groups in total. The van der Waals surface area contributed by atoms with Crippen LogP contribution in [0.5, 0.6) is 0 Å². The lowest BCUT2D eigenvalue weighted by Crippen LogP contribution is -2.41. The number of hydrogen-bond acceptors (Lipinski definition) is 3. The lowest BCUT2D eigenvalue weighted by atomic mass is 9.97. The first kappa shape index (κ1) is 19.7. The van der Waals surface area contributed by atoms with Gasteiger partial charge in [-0.1, -0.05) is 36.4 Å². The van der Waals surface area contributed by atoms with Gasteiger partial charge in [0.1, 0.15) is 12.4 Å². The third-order valence-corrected chi connectivity index (χ3v) is 6.74. The third-order valence-electron chi connectivity index (χ3n) is 6.74. The van der Waals surface area contributed by atoms with E-state index in [1.165, 1.54) is 0 Å². The van der Waals surface area contributed by atoms with Gasteiger partial charge in [-0.05, 0) is 49.2 Å². The molecule has 6 heteroatoms. The number of aromatic amines is 1. The molecule has 0 bridgehead atoms. The van der Waals surface area contributed by atoms with Crippen LogP contribution in [0.15, 0.2) is 77.6 Å². The third kappa shape index (κ3) is 3.39. The van der Waals surface area contributed by atoms with E-state index < -0.39 is 0 Å². The van der Waals surface area contributed by atoms with Crippen molar-refractivity contribution in [3.8, 4) is 0 Å². The van der Waals surface area contributed by atoms with Crippen molar-refractivity contribution in [3.63, 3.8) is 0 Å². The number of H-pyrrole nitrogens is 1. The minimum absolute atomic E-state index is 0.00724. The van der Waals surface area contributed by atoms with E-state index in [-0.39, 0.29) is 23.8 Å². The number of hydrogen-bond donors (Lipinski definition) is 1. The van der Waals surface area contributed by atoms with E-state index in [1.807, 2.05) is 82.3 Å². The Labute approximate surface area is 190 Å². The van der Waals surface area contributed by atoms with Crippen LogP contribution in [0.4, 0.5) is 0 Å². The van der Waals surface area contributed by atoms with Crippen molar-refractivity contribution >= 4 is 38.7 Å². The fourth-order valence-corrected chi connectivity index (χ4v) is 5.08. The number of carbonyl (C=O) groups is 1. The molecule has 1 atom stereocenters. The Hall–Kier alpha value is -3.93. The highest BCUT2D eigenvalue weighted by Gasteiger charge is 2.27. The SMILES string of the molecule is O=C(Cn1c2ccccc2c(=O)c2ccccc21)N1CCCC(c2nc3ccccc3[nH]2)C1. The maximum atomic E-state index is 13.5. The lowest BCUT2D eigenvalue weighted by molar-refractivity contribution is -0.132. The van der Waals surface area contributed by atoms with Crippen LogP contribution in [-0.2, 0) is 11.3 Å². The van der Waals surface area contributed by atoms with Gasteiger partial charge in [0, 0.05) is 29.8 Å². The maximum absolute atomic E-state index is 13.5. The molecule has 6 nitrogen and oxygen atoms in total. The second-order valence-electron chi connectivity index (χ2n) is 8.77. The van der Waals surface area contributed by atoms with Crippen molar-refractivity contribution in [2.45, 2.75) is 25.3 Å². The van der Waals surface area contributed by atoms with Gasteiger partial charge < -0.3 is 14.5 Å². The minimum atomic E-state index is 0.00724.